The van der Waals surface area contributed by atoms with Crippen LogP contribution in [0.4, 0.5) is 43.9 Å². The second-order valence-corrected chi connectivity index (χ2v) is 12.5. The Kier molecular flexibility index (Phi) is 7.28. The summed E-state index contributed by atoms with van der Waals surface area (Å²) in [6.07, 6.45) is 0. The van der Waals surface area contributed by atoms with Crippen molar-refractivity contribution in [2.75, 3.05) is 0 Å². The first kappa shape index (κ1) is 28.6. The average Bonchev–Trinajstić information content (AvgIpc) is 3.79. The molecule has 42 heavy (non-hydrogen) atoms. The summed E-state index contributed by atoms with van der Waals surface area (Å²) in [6.45, 7) is 0. The van der Waals surface area contributed by atoms with Gasteiger partial charge < -0.3 is 0 Å². The highest BCUT2D eigenvalue weighted by Crippen LogP contribution is 2.48. The molecule has 0 radical (unpaired) electrons. The van der Waals surface area contributed by atoms with E-state index in [1.54, 1.807) is 24.3 Å². The number of benzene rings is 2. The molecule has 0 bridgehead atoms. The number of halogens is 10. The fraction of sp³-hybridized carbons (Fsp3) is 0. The third kappa shape index (κ3) is 4.39. The predicted molar refractivity (Wildman–Crippen MR) is 145 cm³/mol. The normalized spacial score (nSPS) is 11.6. The van der Waals surface area contributed by atoms with E-state index in [0.717, 1.165) is 45.3 Å². The first-order chi connectivity index (χ1) is 20.0. The molecule has 0 nitrogen and oxygen atoms in total. The minimum absolute atomic E-state index is 0.181. The molecule has 0 saturated carbocycles. The standard InChI is InChI=1S/C28H8F10S4/c29-17-15(18(30)22(34)25(37)21(17)33)9-5-7-39-27(9)13-3-1-11(41-13)12-2-4-14(42-12)28-10(6-8-40-28)16-19(31)23(35)26(38)24(36)20(16)32/h1-8H. The first-order valence-electron chi connectivity index (χ1n) is 11.4. The molecule has 6 aromatic rings. The van der Waals surface area contributed by atoms with Crippen molar-refractivity contribution in [2.24, 2.45) is 0 Å². The van der Waals surface area contributed by atoms with Gasteiger partial charge in [0.15, 0.2) is 46.5 Å². The lowest BCUT2D eigenvalue weighted by Gasteiger charge is -2.09. The zero-order valence-electron chi connectivity index (χ0n) is 20.0. The molecule has 214 valence electrons. The average molecular weight is 663 g/mol. The SMILES string of the molecule is Fc1c(F)c(F)c(-c2ccsc2-c2ccc(-c3ccc(-c4sccc4-c4c(F)c(F)c(F)c(F)c4F)s3)s2)c(F)c1F. The van der Waals surface area contributed by atoms with Crippen LogP contribution in [0.15, 0.2) is 47.2 Å². The van der Waals surface area contributed by atoms with Gasteiger partial charge in [-0.1, -0.05) is 0 Å². The maximum atomic E-state index is 14.5. The van der Waals surface area contributed by atoms with Crippen LogP contribution in [0.3, 0.4) is 0 Å². The van der Waals surface area contributed by atoms with Gasteiger partial charge in [-0.3, -0.25) is 0 Å². The highest BCUT2D eigenvalue weighted by atomic mass is 32.1. The zero-order chi connectivity index (χ0) is 30.0. The lowest BCUT2D eigenvalue weighted by molar-refractivity contribution is 0.381. The van der Waals surface area contributed by atoms with Gasteiger partial charge in [-0.25, -0.2) is 43.9 Å². The van der Waals surface area contributed by atoms with Crippen molar-refractivity contribution in [1.82, 2.24) is 0 Å². The van der Waals surface area contributed by atoms with Crippen molar-refractivity contribution in [3.8, 4) is 51.5 Å². The summed E-state index contributed by atoms with van der Waals surface area (Å²) in [5.41, 5.74) is -2.46. The smallest absolute Gasteiger partial charge is 0.200 e. The quantitative estimate of drug-likeness (QED) is 0.0979. The molecule has 0 aliphatic carbocycles. The molecule has 0 saturated heterocycles. The van der Waals surface area contributed by atoms with Gasteiger partial charge in [0, 0.05) is 30.6 Å². The summed E-state index contributed by atoms with van der Waals surface area (Å²) in [7, 11) is 0. The van der Waals surface area contributed by atoms with Crippen molar-refractivity contribution in [2.45, 2.75) is 0 Å². The molecule has 4 aromatic heterocycles. The van der Waals surface area contributed by atoms with Crippen LogP contribution in [-0.2, 0) is 0 Å². The maximum absolute atomic E-state index is 14.5. The summed E-state index contributed by atoms with van der Waals surface area (Å²) >= 11 is 4.37. The monoisotopic (exact) mass is 662 g/mol. The van der Waals surface area contributed by atoms with Crippen LogP contribution in [-0.4, -0.2) is 0 Å². The Morgan fingerprint density at radius 3 is 0.952 bits per heavy atom. The van der Waals surface area contributed by atoms with Crippen LogP contribution in [0.25, 0.3) is 51.5 Å². The largest absolute Gasteiger partial charge is 0.203 e. The van der Waals surface area contributed by atoms with Crippen molar-refractivity contribution in [3.63, 3.8) is 0 Å². The highest BCUT2D eigenvalue weighted by molar-refractivity contribution is 7.28. The Labute approximate surface area is 245 Å². The first-order valence-corrected chi connectivity index (χ1v) is 14.8. The Morgan fingerprint density at radius 2 is 0.619 bits per heavy atom. The third-order valence-electron chi connectivity index (χ3n) is 6.19. The van der Waals surface area contributed by atoms with Crippen LogP contribution < -0.4 is 0 Å². The van der Waals surface area contributed by atoms with Crippen LogP contribution in [0.5, 0.6) is 0 Å². The van der Waals surface area contributed by atoms with E-state index in [2.05, 4.69) is 0 Å². The fourth-order valence-electron chi connectivity index (χ4n) is 4.26. The van der Waals surface area contributed by atoms with E-state index >= 15 is 0 Å². The molecule has 0 atom stereocenters. The lowest BCUT2D eigenvalue weighted by Crippen LogP contribution is -2.03. The molecular weight excluding hydrogens is 655 g/mol. The second-order valence-electron chi connectivity index (χ2n) is 8.54. The van der Waals surface area contributed by atoms with E-state index in [1.165, 1.54) is 22.9 Å². The molecule has 0 aliphatic heterocycles. The van der Waals surface area contributed by atoms with E-state index in [1.807, 2.05) is 0 Å². The van der Waals surface area contributed by atoms with E-state index in [-0.39, 0.29) is 20.9 Å². The summed E-state index contributed by atoms with van der Waals surface area (Å²) in [5.74, 6) is -20.6. The fourth-order valence-corrected chi connectivity index (χ4v) is 8.45. The van der Waals surface area contributed by atoms with Gasteiger partial charge in [-0.15, -0.1) is 45.3 Å². The highest BCUT2D eigenvalue weighted by Gasteiger charge is 2.30. The minimum Gasteiger partial charge on any atom is -0.203 e. The zero-order valence-corrected chi connectivity index (χ0v) is 23.3. The van der Waals surface area contributed by atoms with Gasteiger partial charge in [0.1, 0.15) is 0 Å². The minimum atomic E-state index is -2.26. The third-order valence-corrected chi connectivity index (χ3v) is 10.7. The molecule has 4 heterocycles. The van der Waals surface area contributed by atoms with Crippen LogP contribution in [0, 0.1) is 58.2 Å². The van der Waals surface area contributed by atoms with E-state index < -0.39 is 69.3 Å². The molecule has 0 unspecified atom stereocenters. The number of hydrogen-bond acceptors (Lipinski definition) is 4. The molecule has 0 spiro atoms. The summed E-state index contributed by atoms with van der Waals surface area (Å²) in [4.78, 5) is 2.72. The van der Waals surface area contributed by atoms with Crippen LogP contribution in [0.1, 0.15) is 0 Å². The van der Waals surface area contributed by atoms with Gasteiger partial charge in [0.25, 0.3) is 0 Å². The van der Waals surface area contributed by atoms with Crippen LogP contribution in [0.2, 0.25) is 0 Å². The van der Waals surface area contributed by atoms with Gasteiger partial charge in [0.05, 0.1) is 20.9 Å². The van der Waals surface area contributed by atoms with Crippen LogP contribution >= 0.6 is 45.3 Å². The van der Waals surface area contributed by atoms with Crippen molar-refractivity contribution in [1.29, 1.82) is 0 Å². The number of rotatable bonds is 5. The topological polar surface area (TPSA) is 0 Å². The second kappa shape index (κ2) is 10.7. The molecule has 14 heteroatoms. The summed E-state index contributed by atoms with van der Waals surface area (Å²) < 4.78 is 141. The number of hydrogen-bond donors (Lipinski definition) is 0. The Balaban J connectivity index is 1.37. The molecule has 0 N–H and O–H groups in total. The Bertz CT molecular complexity index is 1810. The molecule has 0 aliphatic rings. The molecule has 0 amide bonds. The molecule has 0 fully saturated rings. The molecule has 6 rings (SSSR count). The van der Waals surface area contributed by atoms with Gasteiger partial charge >= 0.3 is 0 Å². The summed E-state index contributed by atoms with van der Waals surface area (Å²) in [6, 6.07) is 9.03. The maximum Gasteiger partial charge on any atom is 0.200 e. The van der Waals surface area contributed by atoms with Gasteiger partial charge in [0.2, 0.25) is 11.6 Å². The van der Waals surface area contributed by atoms with Crippen molar-refractivity contribution in [3.05, 3.63) is 105 Å². The Hall–Kier alpha value is -3.46. The van der Waals surface area contributed by atoms with E-state index in [0.29, 0.717) is 19.5 Å². The Morgan fingerprint density at radius 1 is 0.333 bits per heavy atom. The lowest BCUT2D eigenvalue weighted by atomic mass is 10.0. The van der Waals surface area contributed by atoms with E-state index in [9.17, 15) is 43.9 Å². The van der Waals surface area contributed by atoms with Crippen molar-refractivity contribution < 1.29 is 43.9 Å². The molecular formula is C28H8F10S4. The van der Waals surface area contributed by atoms with Gasteiger partial charge in [-0.2, -0.15) is 0 Å². The van der Waals surface area contributed by atoms with Gasteiger partial charge in [-0.05, 0) is 47.2 Å². The molecule has 2 aromatic carbocycles. The van der Waals surface area contributed by atoms with Crippen molar-refractivity contribution >= 4 is 45.3 Å². The van der Waals surface area contributed by atoms with E-state index in [4.69, 9.17) is 0 Å². The predicted octanol–water partition coefficient (Wildman–Crippen LogP) is 11.7. The number of thiophene rings is 4. The summed E-state index contributed by atoms with van der Waals surface area (Å²) in [5, 5.41) is 2.89.